The molecule has 2 heterocycles. The third-order valence-corrected chi connectivity index (χ3v) is 5.67. The van der Waals surface area contributed by atoms with Crippen LogP contribution >= 0.6 is 0 Å². The molecule has 152 valence electrons. The van der Waals surface area contributed by atoms with E-state index in [0.29, 0.717) is 12.1 Å². The van der Waals surface area contributed by atoms with Gasteiger partial charge in [-0.25, -0.2) is 4.98 Å². The minimum atomic E-state index is 0.327. The maximum absolute atomic E-state index is 6.07. The fraction of sp³-hybridized carbons (Fsp3) is 0.391. The van der Waals surface area contributed by atoms with E-state index in [-0.39, 0.29) is 0 Å². The van der Waals surface area contributed by atoms with E-state index >= 15 is 0 Å². The molecule has 0 bridgehead atoms. The number of nitrogens with two attached hydrogens (primary N) is 1. The summed E-state index contributed by atoms with van der Waals surface area (Å²) in [4.78, 5) is 11.6. The smallest absolute Gasteiger partial charge is 0.142 e. The number of benzene rings is 1. The lowest BCUT2D eigenvalue weighted by Gasteiger charge is -2.27. The van der Waals surface area contributed by atoms with Crippen LogP contribution < -0.4 is 20.7 Å². The van der Waals surface area contributed by atoms with Gasteiger partial charge in [-0.15, -0.1) is 0 Å². The molecule has 0 saturated heterocycles. The van der Waals surface area contributed by atoms with E-state index in [1.54, 1.807) is 7.11 Å². The number of rotatable bonds is 5. The van der Waals surface area contributed by atoms with Gasteiger partial charge < -0.3 is 20.7 Å². The zero-order chi connectivity index (χ0) is 20.4. The molecule has 0 atom stereocenters. The summed E-state index contributed by atoms with van der Waals surface area (Å²) in [7, 11) is 5.71. The Hall–Kier alpha value is -2.86. The Morgan fingerprint density at radius 1 is 1.10 bits per heavy atom. The van der Waals surface area contributed by atoms with Crippen LogP contribution in [0.5, 0.6) is 5.75 Å². The van der Waals surface area contributed by atoms with Crippen LogP contribution in [-0.2, 0) is 0 Å². The fourth-order valence-corrected chi connectivity index (χ4v) is 4.00. The fourth-order valence-electron chi connectivity index (χ4n) is 4.00. The number of hydrogen-bond acceptors (Lipinski definition) is 6. The average Bonchev–Trinajstić information content (AvgIpc) is 2.74. The average molecular weight is 392 g/mol. The molecule has 3 N–H and O–H groups in total. The predicted molar refractivity (Wildman–Crippen MR) is 120 cm³/mol. The maximum atomic E-state index is 6.07. The standard InChI is InChI=1S/C23H29N5O/c1-28(2)21-11-6-15(13-22(21)29-3)19-14-20-18(5-4-12-25-20)23(27-19)26-17-9-7-16(24)8-10-17/h4-6,11-14,16-17H,7-10,24H2,1-3H3,(H,26,27). The van der Waals surface area contributed by atoms with Crippen molar-refractivity contribution in [1.29, 1.82) is 0 Å². The number of fused-ring (bicyclic) bond motifs is 1. The van der Waals surface area contributed by atoms with Crippen LogP contribution in [0.4, 0.5) is 11.5 Å². The molecule has 1 aromatic carbocycles. The van der Waals surface area contributed by atoms with Gasteiger partial charge in [-0.3, -0.25) is 4.98 Å². The number of pyridine rings is 2. The van der Waals surface area contributed by atoms with Crippen molar-refractivity contribution in [3.63, 3.8) is 0 Å². The molecule has 2 aromatic heterocycles. The van der Waals surface area contributed by atoms with Gasteiger partial charge in [0, 0.05) is 43.3 Å². The molecule has 1 aliphatic carbocycles. The molecule has 6 heteroatoms. The molecular weight excluding hydrogens is 362 g/mol. The zero-order valence-corrected chi connectivity index (χ0v) is 17.4. The summed E-state index contributed by atoms with van der Waals surface area (Å²) in [5, 5.41) is 4.71. The topological polar surface area (TPSA) is 76.3 Å². The second-order valence-corrected chi connectivity index (χ2v) is 7.96. The predicted octanol–water partition coefficient (Wildman–Crippen LogP) is 4.05. The van der Waals surface area contributed by atoms with E-state index in [0.717, 1.165) is 65.1 Å². The van der Waals surface area contributed by atoms with Crippen LogP contribution in [0.25, 0.3) is 22.2 Å². The molecule has 0 aliphatic heterocycles. The van der Waals surface area contributed by atoms with Gasteiger partial charge in [0.1, 0.15) is 11.6 Å². The lowest BCUT2D eigenvalue weighted by molar-refractivity contribution is 0.410. The molecule has 6 nitrogen and oxygen atoms in total. The van der Waals surface area contributed by atoms with E-state index in [1.807, 2.05) is 43.4 Å². The molecule has 0 amide bonds. The van der Waals surface area contributed by atoms with E-state index in [4.69, 9.17) is 15.5 Å². The van der Waals surface area contributed by atoms with Crippen LogP contribution in [0.1, 0.15) is 25.7 Å². The Balaban J connectivity index is 1.74. The first-order valence-electron chi connectivity index (χ1n) is 10.2. The van der Waals surface area contributed by atoms with Crippen LogP contribution in [0.15, 0.2) is 42.6 Å². The molecule has 29 heavy (non-hydrogen) atoms. The SMILES string of the molecule is COc1cc(-c2cc3ncccc3c(NC3CCC(N)CC3)n2)ccc1N(C)C. The Morgan fingerprint density at radius 3 is 2.62 bits per heavy atom. The van der Waals surface area contributed by atoms with E-state index in [1.165, 1.54) is 0 Å². The molecule has 1 saturated carbocycles. The summed E-state index contributed by atoms with van der Waals surface area (Å²) in [6.45, 7) is 0. The number of methoxy groups -OCH3 is 1. The minimum Gasteiger partial charge on any atom is -0.495 e. The highest BCUT2D eigenvalue weighted by atomic mass is 16.5. The third kappa shape index (κ3) is 4.12. The highest BCUT2D eigenvalue weighted by Crippen LogP contribution is 2.34. The number of ether oxygens (including phenoxy) is 1. The van der Waals surface area contributed by atoms with Crippen molar-refractivity contribution in [2.45, 2.75) is 37.8 Å². The lowest BCUT2D eigenvalue weighted by atomic mass is 9.92. The van der Waals surface area contributed by atoms with Crippen molar-refractivity contribution >= 4 is 22.4 Å². The van der Waals surface area contributed by atoms with Gasteiger partial charge in [-0.05, 0) is 56.0 Å². The molecule has 0 unspecified atom stereocenters. The van der Waals surface area contributed by atoms with Crippen molar-refractivity contribution in [2.24, 2.45) is 5.73 Å². The number of hydrogen-bond donors (Lipinski definition) is 2. The second kappa shape index (κ2) is 8.25. The quantitative estimate of drug-likeness (QED) is 0.683. The first-order chi connectivity index (χ1) is 14.0. The summed E-state index contributed by atoms with van der Waals surface area (Å²) >= 11 is 0. The lowest BCUT2D eigenvalue weighted by Crippen LogP contribution is -2.33. The summed E-state index contributed by atoms with van der Waals surface area (Å²) in [5.41, 5.74) is 9.93. The Morgan fingerprint density at radius 2 is 1.90 bits per heavy atom. The minimum absolute atomic E-state index is 0.327. The first kappa shape index (κ1) is 19.5. The number of anilines is 2. The molecule has 3 aromatic rings. The van der Waals surface area contributed by atoms with Crippen LogP contribution in [-0.4, -0.2) is 43.3 Å². The van der Waals surface area contributed by atoms with Crippen molar-refractivity contribution in [1.82, 2.24) is 9.97 Å². The summed E-state index contributed by atoms with van der Waals surface area (Å²) < 4.78 is 5.61. The highest BCUT2D eigenvalue weighted by molar-refractivity contribution is 5.92. The van der Waals surface area contributed by atoms with E-state index in [2.05, 4.69) is 28.5 Å². The molecular formula is C23H29N5O. The van der Waals surface area contributed by atoms with Crippen molar-refractivity contribution < 1.29 is 4.74 Å². The first-order valence-corrected chi connectivity index (χ1v) is 10.2. The molecule has 0 spiro atoms. The van der Waals surface area contributed by atoms with Gasteiger partial charge in [-0.1, -0.05) is 6.07 Å². The Bertz CT molecular complexity index is 996. The largest absolute Gasteiger partial charge is 0.495 e. The number of nitrogens with zero attached hydrogens (tertiary/aromatic N) is 3. The zero-order valence-electron chi connectivity index (χ0n) is 17.4. The van der Waals surface area contributed by atoms with Gasteiger partial charge in [0.05, 0.1) is 24.0 Å². The summed E-state index contributed by atoms with van der Waals surface area (Å²) in [6, 6.07) is 13.0. The molecule has 0 radical (unpaired) electrons. The maximum Gasteiger partial charge on any atom is 0.142 e. The van der Waals surface area contributed by atoms with Gasteiger partial charge in [-0.2, -0.15) is 0 Å². The van der Waals surface area contributed by atoms with Crippen molar-refractivity contribution in [3.05, 3.63) is 42.6 Å². The van der Waals surface area contributed by atoms with E-state index in [9.17, 15) is 0 Å². The van der Waals surface area contributed by atoms with Gasteiger partial charge >= 0.3 is 0 Å². The monoisotopic (exact) mass is 391 g/mol. The van der Waals surface area contributed by atoms with Crippen LogP contribution in [0.2, 0.25) is 0 Å². The normalized spacial score (nSPS) is 19.2. The molecule has 1 aliphatic rings. The van der Waals surface area contributed by atoms with Crippen molar-refractivity contribution in [2.75, 3.05) is 31.4 Å². The van der Waals surface area contributed by atoms with Crippen LogP contribution in [0.3, 0.4) is 0 Å². The molecule has 1 fully saturated rings. The number of aromatic nitrogens is 2. The second-order valence-electron chi connectivity index (χ2n) is 7.96. The molecule has 4 rings (SSSR count). The number of nitrogens with one attached hydrogen (secondary N) is 1. The summed E-state index contributed by atoms with van der Waals surface area (Å²) in [6.07, 6.45) is 6.07. The van der Waals surface area contributed by atoms with Crippen molar-refractivity contribution in [3.8, 4) is 17.0 Å². The third-order valence-electron chi connectivity index (χ3n) is 5.67. The van der Waals surface area contributed by atoms with Gasteiger partial charge in [0.25, 0.3) is 0 Å². The Kier molecular flexibility index (Phi) is 5.53. The van der Waals surface area contributed by atoms with E-state index < -0.39 is 0 Å². The Labute approximate surface area is 172 Å². The van der Waals surface area contributed by atoms with Crippen LogP contribution in [0, 0.1) is 0 Å². The summed E-state index contributed by atoms with van der Waals surface area (Å²) in [5.74, 6) is 1.72. The highest BCUT2D eigenvalue weighted by Gasteiger charge is 2.20. The van der Waals surface area contributed by atoms with Gasteiger partial charge in [0.15, 0.2) is 0 Å². The van der Waals surface area contributed by atoms with Gasteiger partial charge in [0.2, 0.25) is 0 Å².